The van der Waals surface area contributed by atoms with Crippen LogP contribution in [0, 0.1) is 0 Å². The predicted molar refractivity (Wildman–Crippen MR) is 71.5 cm³/mol. The topological polar surface area (TPSA) is 44.5 Å². The fourth-order valence-corrected chi connectivity index (χ4v) is 2.37. The zero-order valence-corrected chi connectivity index (χ0v) is 9.64. The second kappa shape index (κ2) is 3.16. The van der Waals surface area contributed by atoms with Gasteiger partial charge in [0.1, 0.15) is 0 Å². The molecule has 0 spiro atoms. The van der Waals surface area contributed by atoms with Gasteiger partial charge in [-0.1, -0.05) is 10.8 Å². The Labute approximate surface area is 112 Å². The number of fused-ring (bicyclic) bond motifs is 2. The molecule has 0 aromatic heterocycles. The third-order valence-corrected chi connectivity index (χ3v) is 3.41. The van der Waals surface area contributed by atoms with Crippen LogP contribution in [0.25, 0.3) is 0 Å². The molecule has 0 saturated heterocycles. The molecule has 0 bridgehead atoms. The van der Waals surface area contributed by atoms with E-state index in [0.29, 0.717) is 23.5 Å². The lowest BCUT2D eigenvalue weighted by molar-refractivity contribution is 0.0833. The van der Waals surface area contributed by atoms with E-state index >= 15 is 0 Å². The van der Waals surface area contributed by atoms with E-state index < -0.39 is 16.2 Å². The first-order valence-electron chi connectivity index (χ1n) is 5.41. The summed E-state index contributed by atoms with van der Waals surface area (Å²) in [5, 5.41) is -1.35. The number of nitrogens with two attached hydrogens (primary N) is 1. The number of rotatable bonds is 0. The van der Waals surface area contributed by atoms with Crippen molar-refractivity contribution in [2.75, 3.05) is 0 Å². The van der Waals surface area contributed by atoms with Crippen molar-refractivity contribution >= 4 is 39.2 Å². The number of hydrogen-bond donors (Lipinski definition) is 1. The van der Waals surface area contributed by atoms with E-state index in [-0.39, 0.29) is 0 Å². The van der Waals surface area contributed by atoms with E-state index in [2.05, 4.69) is 0 Å². The molecule has 18 heavy (non-hydrogen) atoms. The number of hydrogen-bond acceptors (Lipinski definition) is 3. The lowest BCUT2D eigenvalue weighted by Gasteiger charge is -2.37. The average Bonchev–Trinajstić information content (AvgIpc) is 2.55. The highest BCUT2D eigenvalue weighted by molar-refractivity contribution is 6.46. The van der Waals surface area contributed by atoms with E-state index in [9.17, 15) is 0 Å². The highest BCUT2D eigenvalue weighted by Crippen LogP contribution is 2.47. The van der Waals surface area contributed by atoms with Crippen molar-refractivity contribution in [3.05, 3.63) is 23.3 Å². The maximum Gasteiger partial charge on any atom is 0.175 e. The van der Waals surface area contributed by atoms with Gasteiger partial charge in [0.25, 0.3) is 0 Å². The monoisotopic (exact) mass is 227 g/mol. The van der Waals surface area contributed by atoms with Gasteiger partial charge in [-0.05, 0) is 29.6 Å². The van der Waals surface area contributed by atoms with Crippen molar-refractivity contribution in [3.8, 4) is 11.5 Å². The van der Waals surface area contributed by atoms with Crippen LogP contribution in [-0.4, -0.2) is 50.3 Å². The Morgan fingerprint density at radius 2 is 1.56 bits per heavy atom. The molecule has 1 heterocycles. The fraction of sp³-hybridized carbons (Fsp3) is 0.400. The fourth-order valence-electron chi connectivity index (χ4n) is 2.37. The molecule has 2 N–H and O–H groups in total. The van der Waals surface area contributed by atoms with E-state index in [4.69, 9.17) is 54.4 Å². The van der Waals surface area contributed by atoms with Gasteiger partial charge in [0.15, 0.2) is 32.8 Å². The van der Waals surface area contributed by atoms with Gasteiger partial charge in [-0.3, -0.25) is 0 Å². The average molecular weight is 226 g/mol. The SMILES string of the molecule is [B]C1([B])Oc2cc3c(cc2O1)C([B])([B])[C@@]([B])(N)C3. The molecule has 2 aliphatic rings. The van der Waals surface area contributed by atoms with Crippen LogP contribution in [0.3, 0.4) is 0 Å². The van der Waals surface area contributed by atoms with E-state index in [1.807, 2.05) is 0 Å². The molecule has 0 saturated carbocycles. The summed E-state index contributed by atoms with van der Waals surface area (Å²) in [6.45, 7) is 0. The third kappa shape index (κ3) is 1.48. The van der Waals surface area contributed by atoms with Gasteiger partial charge >= 0.3 is 0 Å². The molecule has 8 heteroatoms. The van der Waals surface area contributed by atoms with E-state index in [1.54, 1.807) is 12.1 Å². The molecule has 78 valence electrons. The molecule has 1 aliphatic heterocycles. The smallest absolute Gasteiger partial charge is 0.175 e. The van der Waals surface area contributed by atoms with Crippen molar-refractivity contribution in [2.45, 2.75) is 22.7 Å². The van der Waals surface area contributed by atoms with Gasteiger partial charge in [0.2, 0.25) is 0 Å². The molecular formula is C10H6B5NO2. The number of ether oxygens (including phenoxy) is 2. The van der Waals surface area contributed by atoms with Crippen molar-refractivity contribution in [1.29, 1.82) is 0 Å². The van der Waals surface area contributed by atoms with Crippen LogP contribution in [0.4, 0.5) is 0 Å². The second-order valence-electron chi connectivity index (χ2n) is 4.97. The van der Waals surface area contributed by atoms with Crippen molar-refractivity contribution < 1.29 is 9.47 Å². The maximum absolute atomic E-state index is 6.00. The standard InChI is InChI=1S/C10H6B5NO2/c11-8(16)3-4-1-6-7(18-10(14,15)17-6)2-5(4)9(8,12)13/h1-2H,3,16H2/t8-/m0/s1. The number of benzene rings is 1. The minimum atomic E-state index is -1.67. The van der Waals surface area contributed by atoms with Crippen molar-refractivity contribution in [3.63, 3.8) is 0 Å². The lowest BCUT2D eigenvalue weighted by Crippen LogP contribution is -2.57. The predicted octanol–water partition coefficient (Wildman–Crippen LogP) is -1.72. The third-order valence-electron chi connectivity index (χ3n) is 3.41. The molecule has 1 atom stereocenters. The summed E-state index contributed by atoms with van der Waals surface area (Å²) in [7, 11) is 29.0. The van der Waals surface area contributed by atoms with Gasteiger partial charge < -0.3 is 15.2 Å². The first kappa shape index (κ1) is 12.2. The van der Waals surface area contributed by atoms with Gasteiger partial charge in [-0.25, -0.2) is 0 Å². The lowest BCUT2D eigenvalue weighted by atomic mass is 9.40. The Kier molecular flexibility index (Phi) is 2.13. The van der Waals surface area contributed by atoms with Crippen LogP contribution in [0.15, 0.2) is 12.1 Å². The van der Waals surface area contributed by atoms with Crippen LogP contribution in [-0.2, 0) is 11.6 Å². The highest BCUT2D eigenvalue weighted by Gasteiger charge is 2.46. The van der Waals surface area contributed by atoms with E-state index in [0.717, 1.165) is 5.56 Å². The van der Waals surface area contributed by atoms with Gasteiger partial charge in [-0.2, -0.15) is 0 Å². The van der Waals surface area contributed by atoms with Crippen LogP contribution in [0.5, 0.6) is 11.5 Å². The molecule has 0 amide bonds. The van der Waals surface area contributed by atoms with Gasteiger partial charge in [-0.15, -0.1) is 0 Å². The molecule has 1 aromatic carbocycles. The van der Waals surface area contributed by atoms with Gasteiger partial charge in [0.05, 0.1) is 23.5 Å². The van der Waals surface area contributed by atoms with E-state index in [1.165, 1.54) is 0 Å². The van der Waals surface area contributed by atoms with Crippen LogP contribution in [0.2, 0.25) is 0 Å². The largest absolute Gasteiger partial charge is 0.468 e. The summed E-state index contributed by atoms with van der Waals surface area (Å²) in [4.78, 5) is 0. The Balaban J connectivity index is 2.13. The Bertz CT molecular complexity index is 543. The molecule has 0 fully saturated rings. The van der Waals surface area contributed by atoms with Crippen LogP contribution < -0.4 is 15.2 Å². The molecule has 3 nitrogen and oxygen atoms in total. The highest BCUT2D eigenvalue weighted by atomic mass is 16.7. The summed E-state index contributed by atoms with van der Waals surface area (Å²) >= 11 is 0. The first-order chi connectivity index (χ1) is 8.12. The minimum Gasteiger partial charge on any atom is -0.468 e. The summed E-state index contributed by atoms with van der Waals surface area (Å²) in [6, 6.07) is 3.32. The summed E-state index contributed by atoms with van der Waals surface area (Å²) < 4.78 is 10.4. The summed E-state index contributed by atoms with van der Waals surface area (Å²) in [6.07, 6.45) is 0.327. The molecule has 3 rings (SSSR count). The summed E-state index contributed by atoms with van der Waals surface area (Å²) in [5.41, 5.74) is 4.41. The molecule has 1 aromatic rings. The van der Waals surface area contributed by atoms with Crippen LogP contribution in [0.1, 0.15) is 11.1 Å². The zero-order valence-electron chi connectivity index (χ0n) is 9.64. The molecular weight excluding hydrogens is 220 g/mol. The van der Waals surface area contributed by atoms with Gasteiger partial charge in [0, 0.05) is 0 Å². The minimum absolute atomic E-state index is 0.327. The summed E-state index contributed by atoms with van der Waals surface area (Å²) in [5.74, 6) is 0.795. The molecule has 0 unspecified atom stereocenters. The quantitative estimate of drug-likeness (QED) is 0.535. The van der Waals surface area contributed by atoms with Crippen molar-refractivity contribution in [1.82, 2.24) is 0 Å². The normalized spacial score (nSPS) is 30.1. The van der Waals surface area contributed by atoms with Crippen LogP contribution >= 0.6 is 0 Å². The Morgan fingerprint density at radius 3 is 2.17 bits per heavy atom. The first-order valence-corrected chi connectivity index (χ1v) is 5.41. The van der Waals surface area contributed by atoms with Crippen molar-refractivity contribution in [2.24, 2.45) is 5.73 Å². The second-order valence-corrected chi connectivity index (χ2v) is 4.97. The molecule has 1 aliphatic carbocycles. The Morgan fingerprint density at radius 1 is 1.00 bits per heavy atom. The molecule has 10 radical (unpaired) electrons. The maximum atomic E-state index is 6.00. The zero-order chi connectivity index (χ0) is 13.3. The Hall–Kier alpha value is -0.895.